The van der Waals surface area contributed by atoms with Crippen LogP contribution in [0.25, 0.3) is 0 Å². The molecule has 4 N–H and O–H groups in total. The van der Waals surface area contributed by atoms with E-state index in [9.17, 15) is 0 Å². The second-order valence-electron chi connectivity index (χ2n) is 3.25. The Hall–Kier alpha value is -2.24. The Morgan fingerprint density at radius 3 is 3.06 bits per heavy atom. The maximum atomic E-state index is 5.40. The largest absolute Gasteiger partial charge is 0.497 e. The first-order valence-electron chi connectivity index (χ1n) is 4.82. The van der Waals surface area contributed by atoms with E-state index in [-0.39, 0.29) is 0 Å². The molecule has 0 saturated heterocycles. The Bertz CT molecular complexity index is 468. The molecule has 2 aromatic rings. The zero-order valence-electron chi connectivity index (χ0n) is 8.90. The van der Waals surface area contributed by atoms with Gasteiger partial charge >= 0.3 is 0 Å². The van der Waals surface area contributed by atoms with Gasteiger partial charge in [-0.3, -0.25) is 0 Å². The molecular formula is C10H13N5O. The predicted octanol–water partition coefficient (Wildman–Crippen LogP) is 1.01. The number of nitrogen functional groups attached to an aromatic ring is 1. The van der Waals surface area contributed by atoms with Crippen LogP contribution in [0.2, 0.25) is 0 Å². The van der Waals surface area contributed by atoms with Crippen LogP contribution in [-0.4, -0.2) is 22.3 Å². The summed E-state index contributed by atoms with van der Waals surface area (Å²) in [5, 5.41) is 9.47. The maximum absolute atomic E-state index is 5.40. The molecule has 0 aliphatic carbocycles. The zero-order chi connectivity index (χ0) is 11.4. The maximum Gasteiger partial charge on any atom is 0.243 e. The van der Waals surface area contributed by atoms with Crippen molar-refractivity contribution >= 4 is 11.9 Å². The first-order valence-corrected chi connectivity index (χ1v) is 4.82. The molecule has 0 unspecified atom stereocenters. The number of anilines is 2. The first-order chi connectivity index (χ1) is 7.78. The summed E-state index contributed by atoms with van der Waals surface area (Å²) in [5.74, 6) is 1.61. The molecule has 84 valence electrons. The molecule has 0 aliphatic rings. The zero-order valence-corrected chi connectivity index (χ0v) is 8.90. The summed E-state index contributed by atoms with van der Waals surface area (Å²) in [5.41, 5.74) is 6.49. The molecule has 1 aromatic heterocycles. The van der Waals surface area contributed by atoms with Crippen LogP contribution in [0, 0.1) is 0 Å². The van der Waals surface area contributed by atoms with Gasteiger partial charge < -0.3 is 15.8 Å². The molecular weight excluding hydrogens is 206 g/mol. The van der Waals surface area contributed by atoms with Crippen LogP contribution in [-0.2, 0) is 6.54 Å². The summed E-state index contributed by atoms with van der Waals surface area (Å²) >= 11 is 0. The molecule has 0 radical (unpaired) electrons. The molecule has 0 atom stereocenters. The third kappa shape index (κ3) is 2.41. The van der Waals surface area contributed by atoms with Crippen LogP contribution in [0.3, 0.4) is 0 Å². The predicted molar refractivity (Wildman–Crippen MR) is 61.1 cm³/mol. The van der Waals surface area contributed by atoms with Crippen molar-refractivity contribution in [2.75, 3.05) is 18.2 Å². The standard InChI is InChI=1S/C10H13N5O/c1-16-8-4-2-3-7(5-8)6-12-10-13-9(11)14-15-10/h2-5H,6H2,1H3,(H4,11,12,13,14,15). The molecule has 6 heteroatoms. The van der Waals surface area contributed by atoms with E-state index >= 15 is 0 Å². The van der Waals surface area contributed by atoms with Gasteiger partial charge in [-0.25, -0.2) is 5.10 Å². The quantitative estimate of drug-likeness (QED) is 0.714. The lowest BCUT2D eigenvalue weighted by Gasteiger charge is -2.04. The van der Waals surface area contributed by atoms with E-state index in [2.05, 4.69) is 20.5 Å². The van der Waals surface area contributed by atoms with Crippen molar-refractivity contribution in [3.05, 3.63) is 29.8 Å². The molecule has 16 heavy (non-hydrogen) atoms. The summed E-state index contributed by atoms with van der Waals surface area (Å²) in [4.78, 5) is 3.94. The van der Waals surface area contributed by atoms with E-state index in [4.69, 9.17) is 10.5 Å². The van der Waals surface area contributed by atoms with Gasteiger partial charge in [-0.15, -0.1) is 5.10 Å². The van der Waals surface area contributed by atoms with Crippen LogP contribution in [0.1, 0.15) is 5.56 Å². The summed E-state index contributed by atoms with van der Waals surface area (Å²) in [6.07, 6.45) is 0. The van der Waals surface area contributed by atoms with E-state index in [1.54, 1.807) is 7.11 Å². The molecule has 0 spiro atoms. The summed E-state index contributed by atoms with van der Waals surface area (Å²) in [6.45, 7) is 0.620. The van der Waals surface area contributed by atoms with Crippen LogP contribution in [0.4, 0.5) is 11.9 Å². The third-order valence-corrected chi connectivity index (χ3v) is 2.09. The van der Waals surface area contributed by atoms with Gasteiger partial charge in [0.2, 0.25) is 11.9 Å². The molecule has 2 rings (SSSR count). The molecule has 6 nitrogen and oxygen atoms in total. The van der Waals surface area contributed by atoms with Crippen molar-refractivity contribution in [2.45, 2.75) is 6.54 Å². The molecule has 1 aromatic carbocycles. The second-order valence-corrected chi connectivity index (χ2v) is 3.25. The molecule has 0 fully saturated rings. The summed E-state index contributed by atoms with van der Waals surface area (Å²) in [7, 11) is 1.64. The number of hydrogen-bond acceptors (Lipinski definition) is 5. The number of aromatic amines is 1. The number of nitrogens with one attached hydrogen (secondary N) is 2. The highest BCUT2D eigenvalue weighted by Gasteiger charge is 2.00. The Morgan fingerprint density at radius 2 is 2.38 bits per heavy atom. The topological polar surface area (TPSA) is 88.8 Å². The molecule has 0 bridgehead atoms. The Kier molecular flexibility index (Phi) is 2.90. The fourth-order valence-corrected chi connectivity index (χ4v) is 1.32. The van der Waals surface area contributed by atoms with Gasteiger partial charge in [-0.1, -0.05) is 12.1 Å². The Balaban J connectivity index is 1.99. The highest BCUT2D eigenvalue weighted by atomic mass is 16.5. The smallest absolute Gasteiger partial charge is 0.243 e. The molecule has 0 saturated carbocycles. The molecule has 1 heterocycles. The van der Waals surface area contributed by atoms with Crippen molar-refractivity contribution in [3.63, 3.8) is 0 Å². The minimum absolute atomic E-state index is 0.299. The number of hydrogen-bond donors (Lipinski definition) is 3. The number of nitrogens with two attached hydrogens (primary N) is 1. The van der Waals surface area contributed by atoms with E-state index in [0.29, 0.717) is 18.4 Å². The van der Waals surface area contributed by atoms with Crippen molar-refractivity contribution in [2.24, 2.45) is 0 Å². The van der Waals surface area contributed by atoms with Crippen molar-refractivity contribution < 1.29 is 4.74 Å². The van der Waals surface area contributed by atoms with Gasteiger partial charge in [0.1, 0.15) is 5.75 Å². The van der Waals surface area contributed by atoms with Gasteiger partial charge in [0.15, 0.2) is 0 Å². The normalized spacial score (nSPS) is 10.1. The van der Waals surface area contributed by atoms with E-state index < -0.39 is 0 Å². The fraction of sp³-hybridized carbons (Fsp3) is 0.200. The minimum Gasteiger partial charge on any atom is -0.497 e. The van der Waals surface area contributed by atoms with Crippen molar-refractivity contribution in [1.29, 1.82) is 0 Å². The van der Waals surface area contributed by atoms with Crippen LogP contribution in [0.5, 0.6) is 5.75 Å². The lowest BCUT2D eigenvalue weighted by atomic mass is 10.2. The van der Waals surface area contributed by atoms with Crippen LogP contribution in [0.15, 0.2) is 24.3 Å². The number of nitrogens with zero attached hydrogens (tertiary/aromatic N) is 2. The van der Waals surface area contributed by atoms with Crippen molar-refractivity contribution in [3.8, 4) is 5.75 Å². The number of rotatable bonds is 4. The third-order valence-electron chi connectivity index (χ3n) is 2.09. The average molecular weight is 219 g/mol. The fourth-order valence-electron chi connectivity index (χ4n) is 1.32. The molecule has 0 amide bonds. The number of methoxy groups -OCH3 is 1. The average Bonchev–Trinajstić information content (AvgIpc) is 2.73. The highest BCUT2D eigenvalue weighted by Crippen LogP contribution is 2.13. The highest BCUT2D eigenvalue weighted by molar-refractivity contribution is 5.34. The minimum atomic E-state index is 0.299. The Morgan fingerprint density at radius 1 is 1.50 bits per heavy atom. The first kappa shape index (κ1) is 10.3. The van der Waals surface area contributed by atoms with Gasteiger partial charge in [-0.05, 0) is 17.7 Å². The van der Waals surface area contributed by atoms with E-state index in [1.165, 1.54) is 0 Å². The summed E-state index contributed by atoms with van der Waals surface area (Å²) < 4.78 is 5.13. The van der Waals surface area contributed by atoms with Crippen molar-refractivity contribution in [1.82, 2.24) is 15.2 Å². The summed E-state index contributed by atoms with van der Waals surface area (Å²) in [6, 6.07) is 7.77. The van der Waals surface area contributed by atoms with E-state index in [0.717, 1.165) is 11.3 Å². The van der Waals surface area contributed by atoms with Crippen LogP contribution < -0.4 is 15.8 Å². The van der Waals surface area contributed by atoms with Gasteiger partial charge in [-0.2, -0.15) is 4.98 Å². The SMILES string of the molecule is COc1cccc(CNc2n[nH]c(N)n2)c1. The Labute approximate surface area is 92.8 Å². The van der Waals surface area contributed by atoms with Gasteiger partial charge in [0.25, 0.3) is 0 Å². The monoisotopic (exact) mass is 219 g/mol. The van der Waals surface area contributed by atoms with Crippen LogP contribution >= 0.6 is 0 Å². The molecule has 0 aliphatic heterocycles. The second kappa shape index (κ2) is 4.52. The number of ether oxygens (including phenoxy) is 1. The number of aromatic nitrogens is 3. The van der Waals surface area contributed by atoms with E-state index in [1.807, 2.05) is 24.3 Å². The number of benzene rings is 1. The number of H-pyrrole nitrogens is 1. The van der Waals surface area contributed by atoms with Gasteiger partial charge in [0, 0.05) is 6.54 Å². The lowest BCUT2D eigenvalue weighted by molar-refractivity contribution is 0.414. The van der Waals surface area contributed by atoms with Gasteiger partial charge in [0.05, 0.1) is 7.11 Å². The lowest BCUT2D eigenvalue weighted by Crippen LogP contribution is -2.01.